The number of unbranched alkanes of at least 4 members (excludes halogenated alkanes) is 49. The molecule has 0 aromatic rings. The van der Waals surface area contributed by atoms with E-state index in [1.165, 1.54) is 276 Å². The fraction of sp³-hybridized carbons (Fsp3) is 0.887. The normalized spacial score (nSPS) is 12.7. The first-order valence-corrected chi connectivity index (χ1v) is 34.8. The van der Waals surface area contributed by atoms with Gasteiger partial charge in [0.05, 0.1) is 25.4 Å². The van der Waals surface area contributed by atoms with Crippen molar-refractivity contribution >= 4 is 11.9 Å². The van der Waals surface area contributed by atoms with E-state index in [1.807, 2.05) is 0 Å². The van der Waals surface area contributed by atoms with Crippen molar-refractivity contribution in [3.8, 4) is 0 Å². The van der Waals surface area contributed by atoms with Gasteiger partial charge >= 0.3 is 5.97 Å². The van der Waals surface area contributed by atoms with Crippen molar-refractivity contribution in [3.05, 3.63) is 36.5 Å². The Bertz CT molecular complexity index is 1250. The molecule has 6 nitrogen and oxygen atoms in total. The number of carbonyl (C=O) groups excluding carboxylic acids is 2. The minimum absolute atomic E-state index is 0.0199. The summed E-state index contributed by atoms with van der Waals surface area (Å²) in [5.41, 5.74) is 0. The largest absolute Gasteiger partial charge is 0.466 e. The van der Waals surface area contributed by atoms with Gasteiger partial charge in [0, 0.05) is 12.8 Å². The number of rotatable bonds is 65. The maximum atomic E-state index is 12.6. The van der Waals surface area contributed by atoms with Crippen molar-refractivity contribution in [2.75, 3.05) is 13.2 Å². The predicted molar refractivity (Wildman–Crippen MR) is 338 cm³/mol. The zero-order chi connectivity index (χ0) is 55.7. The number of esters is 1. The van der Waals surface area contributed by atoms with Gasteiger partial charge in [-0.05, 0) is 83.5 Å². The second kappa shape index (κ2) is 66.6. The Morgan fingerprint density at radius 3 is 1.00 bits per heavy atom. The molecule has 0 aliphatic carbocycles. The lowest BCUT2D eigenvalue weighted by Crippen LogP contribution is -2.45. The molecule has 0 radical (unpaired) electrons. The van der Waals surface area contributed by atoms with E-state index in [9.17, 15) is 19.8 Å². The van der Waals surface area contributed by atoms with Gasteiger partial charge in [0.1, 0.15) is 0 Å². The van der Waals surface area contributed by atoms with Gasteiger partial charge in [0.25, 0.3) is 0 Å². The molecule has 0 aliphatic rings. The highest BCUT2D eigenvalue weighted by Gasteiger charge is 2.20. The number of nitrogens with one attached hydrogen (secondary N) is 1. The highest BCUT2D eigenvalue weighted by molar-refractivity contribution is 5.76. The monoisotopic (exact) mass is 1080 g/mol. The van der Waals surface area contributed by atoms with Crippen LogP contribution in [0.5, 0.6) is 0 Å². The van der Waals surface area contributed by atoms with Crippen molar-refractivity contribution in [2.24, 2.45) is 0 Å². The van der Waals surface area contributed by atoms with Crippen LogP contribution in [0.4, 0.5) is 0 Å². The van der Waals surface area contributed by atoms with Gasteiger partial charge < -0.3 is 20.3 Å². The van der Waals surface area contributed by atoms with Crippen LogP contribution < -0.4 is 5.32 Å². The molecule has 1 amide bonds. The van der Waals surface area contributed by atoms with Crippen molar-refractivity contribution in [3.63, 3.8) is 0 Å². The molecule has 3 N–H and O–H groups in total. The van der Waals surface area contributed by atoms with Gasteiger partial charge in [0.2, 0.25) is 5.91 Å². The second-order valence-corrected chi connectivity index (χ2v) is 23.9. The minimum Gasteiger partial charge on any atom is -0.466 e. The molecule has 0 aliphatic heterocycles. The molecule has 0 saturated heterocycles. The summed E-state index contributed by atoms with van der Waals surface area (Å²) in [6, 6.07) is -0.551. The molecule has 0 spiro atoms. The smallest absolute Gasteiger partial charge is 0.305 e. The minimum atomic E-state index is -0.674. The number of hydrogen-bond donors (Lipinski definition) is 3. The van der Waals surface area contributed by atoms with Crippen molar-refractivity contribution in [2.45, 2.75) is 392 Å². The first-order chi connectivity index (χ1) is 38.0. The van der Waals surface area contributed by atoms with Crippen LogP contribution in [0.1, 0.15) is 380 Å². The third-order valence-electron chi connectivity index (χ3n) is 16.2. The number of allylic oxidation sites excluding steroid dienone is 6. The summed E-state index contributed by atoms with van der Waals surface area (Å²) in [5, 5.41) is 23.4. The van der Waals surface area contributed by atoms with Crippen molar-refractivity contribution in [1.82, 2.24) is 5.32 Å². The number of ether oxygens (including phenoxy) is 1. The topological polar surface area (TPSA) is 95.9 Å². The van der Waals surface area contributed by atoms with Gasteiger partial charge in [-0.15, -0.1) is 0 Å². The number of hydrogen-bond acceptors (Lipinski definition) is 5. The lowest BCUT2D eigenvalue weighted by molar-refractivity contribution is -0.143. The van der Waals surface area contributed by atoms with Crippen LogP contribution >= 0.6 is 0 Å². The Morgan fingerprint density at radius 1 is 0.364 bits per heavy atom. The molecule has 6 heteroatoms. The zero-order valence-electron chi connectivity index (χ0n) is 52.0. The van der Waals surface area contributed by atoms with E-state index >= 15 is 0 Å². The van der Waals surface area contributed by atoms with E-state index in [2.05, 4.69) is 55.6 Å². The molecule has 2 unspecified atom stereocenters. The first-order valence-electron chi connectivity index (χ1n) is 34.8. The van der Waals surface area contributed by atoms with Gasteiger partial charge in [0.15, 0.2) is 0 Å². The molecule has 454 valence electrons. The summed E-state index contributed by atoms with van der Waals surface area (Å²) < 4.78 is 5.46. The van der Waals surface area contributed by atoms with E-state index in [-0.39, 0.29) is 18.5 Å². The summed E-state index contributed by atoms with van der Waals surface area (Å²) >= 11 is 0. The zero-order valence-corrected chi connectivity index (χ0v) is 52.0. The fourth-order valence-corrected chi connectivity index (χ4v) is 10.9. The average Bonchev–Trinajstić information content (AvgIpc) is 3.43. The van der Waals surface area contributed by atoms with Crippen LogP contribution in [0.15, 0.2) is 36.5 Å². The lowest BCUT2D eigenvalue weighted by Gasteiger charge is -2.22. The molecular formula is C71H135NO5. The van der Waals surface area contributed by atoms with Gasteiger partial charge in [-0.3, -0.25) is 9.59 Å². The lowest BCUT2D eigenvalue weighted by atomic mass is 10.0. The Balaban J connectivity index is 3.46. The van der Waals surface area contributed by atoms with Gasteiger partial charge in [-0.1, -0.05) is 320 Å². The van der Waals surface area contributed by atoms with Crippen LogP contribution in [-0.2, 0) is 14.3 Å². The van der Waals surface area contributed by atoms with Crippen LogP contribution in [-0.4, -0.2) is 47.4 Å². The number of carbonyl (C=O) groups is 2. The van der Waals surface area contributed by atoms with E-state index in [4.69, 9.17) is 4.74 Å². The molecular weight excluding hydrogens is 947 g/mol. The van der Waals surface area contributed by atoms with Gasteiger partial charge in [-0.25, -0.2) is 0 Å². The van der Waals surface area contributed by atoms with Crippen LogP contribution in [0.25, 0.3) is 0 Å². The Hall–Kier alpha value is -1.92. The Morgan fingerprint density at radius 2 is 0.649 bits per heavy atom. The molecule has 0 bridgehead atoms. The van der Waals surface area contributed by atoms with Crippen molar-refractivity contribution < 1.29 is 24.5 Å². The maximum Gasteiger partial charge on any atom is 0.305 e. The SMILES string of the molecule is CCCCCCCCC/C=C\CCCCCCCC(=O)OCCCCC/C=C\C=C/CCCCCCCCCCCCC(=O)NC(CO)C(O)CCCCCCCCCCCCCCCCCCCCCCCCCCC. The molecule has 0 rings (SSSR count). The number of amides is 1. The average molecular weight is 1080 g/mol. The molecule has 0 aromatic carbocycles. The summed E-state index contributed by atoms with van der Waals surface area (Å²) in [7, 11) is 0. The van der Waals surface area contributed by atoms with Crippen LogP contribution in [0.3, 0.4) is 0 Å². The highest BCUT2D eigenvalue weighted by Crippen LogP contribution is 2.18. The van der Waals surface area contributed by atoms with E-state index < -0.39 is 12.1 Å². The summed E-state index contributed by atoms with van der Waals surface area (Å²) in [5.74, 6) is -0.0609. The van der Waals surface area contributed by atoms with Gasteiger partial charge in [-0.2, -0.15) is 0 Å². The number of aliphatic hydroxyl groups excluding tert-OH is 2. The van der Waals surface area contributed by atoms with E-state index in [1.54, 1.807) is 0 Å². The summed E-state index contributed by atoms with van der Waals surface area (Å²) in [4.78, 5) is 24.6. The molecule has 2 atom stereocenters. The summed E-state index contributed by atoms with van der Waals surface area (Å²) in [6.45, 7) is 4.94. The first kappa shape index (κ1) is 75.1. The Labute approximate surface area is 481 Å². The molecule has 0 aromatic heterocycles. The fourth-order valence-electron chi connectivity index (χ4n) is 10.9. The molecule has 0 saturated carbocycles. The maximum absolute atomic E-state index is 12.6. The third-order valence-corrected chi connectivity index (χ3v) is 16.2. The molecule has 77 heavy (non-hydrogen) atoms. The third kappa shape index (κ3) is 63.1. The molecule has 0 fully saturated rings. The number of aliphatic hydroxyl groups is 2. The molecule has 0 heterocycles. The highest BCUT2D eigenvalue weighted by atomic mass is 16.5. The second-order valence-electron chi connectivity index (χ2n) is 23.9. The summed E-state index contributed by atoms with van der Waals surface area (Å²) in [6.07, 6.45) is 84.7. The van der Waals surface area contributed by atoms with Crippen molar-refractivity contribution in [1.29, 1.82) is 0 Å². The van der Waals surface area contributed by atoms with Crippen LogP contribution in [0.2, 0.25) is 0 Å². The van der Waals surface area contributed by atoms with Crippen LogP contribution in [0, 0.1) is 0 Å². The predicted octanol–water partition coefficient (Wildman–Crippen LogP) is 22.3. The quantitative estimate of drug-likeness (QED) is 0.0244. The standard InChI is InChI=1S/C71H135NO5/c1-3-5-7-9-11-13-15-17-19-21-22-23-24-25-26-27-29-32-35-39-43-47-51-55-59-63-69(74)68(67-73)72-70(75)64-60-56-52-48-44-40-36-33-30-28-31-34-38-42-46-50-54-58-62-66-77-71(76)65-61-57-53-49-45-41-37-20-18-16-14-12-10-8-6-4-2/h20,34,37-38,42,46,68-69,73-74H,3-19,21-33,35-36,39-41,43-45,47-67H2,1-2H3,(H,72,75)/b37-20-,38-34-,46-42-. The Kier molecular flexibility index (Phi) is 64.9. The van der Waals surface area contributed by atoms with E-state index in [0.29, 0.717) is 25.9 Å². The van der Waals surface area contributed by atoms with E-state index in [0.717, 1.165) is 70.6 Å².